The molecule has 2 N–H and O–H groups in total. The van der Waals surface area contributed by atoms with E-state index >= 15 is 0 Å². The lowest BCUT2D eigenvalue weighted by molar-refractivity contribution is 0.0881. The number of pyridine rings is 1. The van der Waals surface area contributed by atoms with Gasteiger partial charge in [0.05, 0.1) is 0 Å². The Labute approximate surface area is 134 Å². The van der Waals surface area contributed by atoms with E-state index in [-0.39, 0.29) is 22.9 Å². The molecule has 2 aromatic rings. The molecule has 2 bridgehead atoms. The van der Waals surface area contributed by atoms with Crippen LogP contribution in [0.5, 0.6) is 0 Å². The molecule has 2 fully saturated rings. The molecule has 2 aliphatic heterocycles. The van der Waals surface area contributed by atoms with Crippen LogP contribution in [0.2, 0.25) is 0 Å². The monoisotopic (exact) mass is 311 g/mol. The number of benzene rings is 1. The van der Waals surface area contributed by atoms with E-state index in [1.807, 2.05) is 18.2 Å². The molecule has 2 saturated heterocycles. The standard InChI is InChI=1S/C18H21N3O2/c1-21-12-6-7-13(21)9-11(8-12)20-18(23)15-10-19-16-5-3-2-4-14(16)17(15)22/h2-5,10-13H,6-9H2,1H3,(H,19,22)(H,20,23)/t11?,12-,13+. The summed E-state index contributed by atoms with van der Waals surface area (Å²) in [4.78, 5) is 30.5. The molecule has 1 aromatic heterocycles. The maximum atomic E-state index is 12.5. The number of carbonyl (C=O) groups is 1. The van der Waals surface area contributed by atoms with E-state index in [0.29, 0.717) is 17.5 Å². The molecule has 0 radical (unpaired) electrons. The third-order valence-corrected chi connectivity index (χ3v) is 5.47. The number of rotatable bonds is 2. The van der Waals surface area contributed by atoms with Gasteiger partial charge in [0.25, 0.3) is 5.91 Å². The molecule has 2 aliphatic rings. The molecule has 0 spiro atoms. The topological polar surface area (TPSA) is 65.2 Å². The molecule has 0 aliphatic carbocycles. The zero-order valence-corrected chi connectivity index (χ0v) is 13.2. The predicted molar refractivity (Wildman–Crippen MR) is 89.6 cm³/mol. The largest absolute Gasteiger partial charge is 0.360 e. The van der Waals surface area contributed by atoms with Crippen LogP contribution in [0, 0.1) is 0 Å². The van der Waals surface area contributed by atoms with Crippen molar-refractivity contribution in [2.24, 2.45) is 0 Å². The second-order valence-corrected chi connectivity index (χ2v) is 6.77. The zero-order valence-electron chi connectivity index (χ0n) is 13.2. The van der Waals surface area contributed by atoms with E-state index in [1.54, 1.807) is 6.07 Å². The smallest absolute Gasteiger partial charge is 0.256 e. The fourth-order valence-corrected chi connectivity index (χ4v) is 4.13. The molecule has 3 heterocycles. The van der Waals surface area contributed by atoms with E-state index in [1.165, 1.54) is 19.0 Å². The van der Waals surface area contributed by atoms with Crippen LogP contribution >= 0.6 is 0 Å². The Morgan fingerprint density at radius 3 is 2.65 bits per heavy atom. The van der Waals surface area contributed by atoms with Gasteiger partial charge in [0.2, 0.25) is 5.43 Å². The highest BCUT2D eigenvalue weighted by atomic mass is 16.2. The minimum absolute atomic E-state index is 0.169. The highest BCUT2D eigenvalue weighted by molar-refractivity contribution is 5.97. The first-order valence-electron chi connectivity index (χ1n) is 8.26. The van der Waals surface area contributed by atoms with Crippen molar-refractivity contribution in [3.8, 4) is 0 Å². The van der Waals surface area contributed by atoms with E-state index in [9.17, 15) is 9.59 Å². The molecule has 3 atom stereocenters. The normalized spacial score (nSPS) is 27.3. The molecule has 23 heavy (non-hydrogen) atoms. The summed E-state index contributed by atoms with van der Waals surface area (Å²) in [5.74, 6) is -0.258. The van der Waals surface area contributed by atoms with Crippen molar-refractivity contribution in [2.45, 2.75) is 43.8 Å². The van der Waals surface area contributed by atoms with E-state index in [0.717, 1.165) is 18.4 Å². The number of aromatic amines is 1. The summed E-state index contributed by atoms with van der Waals surface area (Å²) in [5, 5.41) is 3.64. The van der Waals surface area contributed by atoms with Crippen LogP contribution in [-0.4, -0.2) is 41.0 Å². The van der Waals surface area contributed by atoms with Crippen LogP contribution in [0.3, 0.4) is 0 Å². The van der Waals surface area contributed by atoms with Crippen molar-refractivity contribution in [1.29, 1.82) is 0 Å². The number of nitrogens with one attached hydrogen (secondary N) is 2. The second kappa shape index (κ2) is 5.49. The van der Waals surface area contributed by atoms with Crippen molar-refractivity contribution in [1.82, 2.24) is 15.2 Å². The van der Waals surface area contributed by atoms with Crippen molar-refractivity contribution in [3.63, 3.8) is 0 Å². The van der Waals surface area contributed by atoms with Crippen LogP contribution in [0.1, 0.15) is 36.0 Å². The van der Waals surface area contributed by atoms with Gasteiger partial charge in [0, 0.05) is 35.2 Å². The van der Waals surface area contributed by atoms with E-state index < -0.39 is 0 Å². The number of nitrogens with zero attached hydrogens (tertiary/aromatic N) is 1. The van der Waals surface area contributed by atoms with E-state index in [4.69, 9.17) is 0 Å². The Morgan fingerprint density at radius 2 is 1.91 bits per heavy atom. The third-order valence-electron chi connectivity index (χ3n) is 5.47. The first-order chi connectivity index (χ1) is 11.1. The average molecular weight is 311 g/mol. The van der Waals surface area contributed by atoms with Crippen molar-refractivity contribution < 1.29 is 4.79 Å². The minimum Gasteiger partial charge on any atom is -0.360 e. The fraction of sp³-hybridized carbons (Fsp3) is 0.444. The van der Waals surface area contributed by atoms with Gasteiger partial charge < -0.3 is 15.2 Å². The molecule has 5 heteroatoms. The van der Waals surface area contributed by atoms with Gasteiger partial charge in [-0.2, -0.15) is 0 Å². The first-order valence-corrected chi connectivity index (χ1v) is 8.26. The Hall–Kier alpha value is -2.14. The molecular weight excluding hydrogens is 290 g/mol. The van der Waals surface area contributed by atoms with Crippen LogP contribution in [0.4, 0.5) is 0 Å². The average Bonchev–Trinajstić information content (AvgIpc) is 2.77. The lowest BCUT2D eigenvalue weighted by atomic mass is 9.97. The number of para-hydroxylation sites is 1. The van der Waals surface area contributed by atoms with Crippen LogP contribution < -0.4 is 10.7 Å². The molecule has 1 aromatic carbocycles. The summed E-state index contributed by atoms with van der Waals surface area (Å²) in [5.41, 5.74) is 0.758. The molecule has 5 nitrogen and oxygen atoms in total. The summed E-state index contributed by atoms with van der Waals surface area (Å²) in [6, 6.07) is 8.57. The maximum Gasteiger partial charge on any atom is 0.256 e. The molecule has 1 amide bonds. The zero-order chi connectivity index (χ0) is 16.0. The van der Waals surface area contributed by atoms with Gasteiger partial charge in [-0.15, -0.1) is 0 Å². The first kappa shape index (κ1) is 14.5. The minimum atomic E-state index is -0.258. The Kier molecular flexibility index (Phi) is 3.45. The molecule has 0 saturated carbocycles. The van der Waals surface area contributed by atoms with Crippen LogP contribution in [-0.2, 0) is 0 Å². The molecule has 120 valence electrons. The van der Waals surface area contributed by atoms with Crippen molar-refractivity contribution >= 4 is 16.8 Å². The van der Waals surface area contributed by atoms with E-state index in [2.05, 4.69) is 22.2 Å². The van der Waals surface area contributed by atoms with Gasteiger partial charge in [0.1, 0.15) is 5.56 Å². The number of fused-ring (bicyclic) bond motifs is 3. The molecular formula is C18H21N3O2. The summed E-state index contributed by atoms with van der Waals surface area (Å²) < 4.78 is 0. The number of amides is 1. The summed E-state index contributed by atoms with van der Waals surface area (Å²) in [6.45, 7) is 0. The van der Waals surface area contributed by atoms with Gasteiger partial charge in [-0.25, -0.2) is 0 Å². The number of H-pyrrole nitrogens is 1. The van der Waals surface area contributed by atoms with Gasteiger partial charge in [0.15, 0.2) is 0 Å². The SMILES string of the molecule is CN1[C@@H]2CC[C@H]1CC(NC(=O)c1c[nH]c3ccccc3c1=O)C2. The van der Waals surface area contributed by atoms with Gasteiger partial charge in [-0.3, -0.25) is 9.59 Å². The Morgan fingerprint density at radius 1 is 1.22 bits per heavy atom. The summed E-state index contributed by atoms with van der Waals surface area (Å²) >= 11 is 0. The molecule has 1 unspecified atom stereocenters. The lowest BCUT2D eigenvalue weighted by Gasteiger charge is -2.36. The number of hydrogen-bond acceptors (Lipinski definition) is 3. The van der Waals surface area contributed by atoms with Crippen molar-refractivity contribution in [3.05, 3.63) is 46.2 Å². The van der Waals surface area contributed by atoms with Crippen molar-refractivity contribution in [2.75, 3.05) is 7.05 Å². The summed E-state index contributed by atoms with van der Waals surface area (Å²) in [6.07, 6.45) is 5.91. The number of carbonyl (C=O) groups excluding carboxylic acids is 1. The Balaban J connectivity index is 1.56. The van der Waals surface area contributed by atoms with Gasteiger partial charge in [-0.1, -0.05) is 12.1 Å². The number of piperidine rings is 1. The summed E-state index contributed by atoms with van der Waals surface area (Å²) in [7, 11) is 2.18. The fourth-order valence-electron chi connectivity index (χ4n) is 4.13. The highest BCUT2D eigenvalue weighted by Gasteiger charge is 2.38. The predicted octanol–water partition coefficient (Wildman–Crippen LogP) is 1.88. The number of hydrogen-bond donors (Lipinski definition) is 2. The highest BCUT2D eigenvalue weighted by Crippen LogP contribution is 2.34. The van der Waals surface area contributed by atoms with Gasteiger partial charge in [-0.05, 0) is 44.9 Å². The quantitative estimate of drug-likeness (QED) is 0.890. The van der Waals surface area contributed by atoms with Gasteiger partial charge >= 0.3 is 0 Å². The third kappa shape index (κ3) is 2.45. The lowest BCUT2D eigenvalue weighted by Crippen LogP contribution is -2.49. The molecule has 4 rings (SSSR count). The number of aromatic nitrogens is 1. The Bertz CT molecular complexity index is 799. The second-order valence-electron chi connectivity index (χ2n) is 6.77. The van der Waals surface area contributed by atoms with Crippen LogP contribution in [0.15, 0.2) is 35.3 Å². The van der Waals surface area contributed by atoms with Crippen LogP contribution in [0.25, 0.3) is 10.9 Å². The maximum absolute atomic E-state index is 12.5.